The third-order valence-electron chi connectivity index (χ3n) is 4.51. The lowest BCUT2D eigenvalue weighted by atomic mass is 10.1. The molecule has 2 aromatic heterocycles. The lowest BCUT2D eigenvalue weighted by molar-refractivity contribution is 0.0951. The van der Waals surface area contributed by atoms with E-state index >= 15 is 0 Å². The van der Waals surface area contributed by atoms with Gasteiger partial charge in [-0.3, -0.25) is 4.79 Å². The molecule has 3 heterocycles. The first-order chi connectivity index (χ1) is 13.0. The maximum Gasteiger partial charge on any atom is 0.251 e. The summed E-state index contributed by atoms with van der Waals surface area (Å²) in [6, 6.07) is 12.1. The van der Waals surface area contributed by atoms with Crippen molar-refractivity contribution >= 4 is 38.6 Å². The van der Waals surface area contributed by atoms with Crippen molar-refractivity contribution in [1.82, 2.24) is 9.62 Å². The Hall–Kier alpha value is -2.00. The van der Waals surface area contributed by atoms with Crippen molar-refractivity contribution in [3.8, 4) is 0 Å². The Morgan fingerprint density at radius 3 is 2.81 bits per heavy atom. The van der Waals surface area contributed by atoms with E-state index in [1.54, 1.807) is 40.9 Å². The first-order valence-corrected chi connectivity index (χ1v) is 11.7. The van der Waals surface area contributed by atoms with Crippen LogP contribution in [0.4, 0.5) is 0 Å². The Labute approximate surface area is 166 Å². The molecule has 0 fully saturated rings. The van der Waals surface area contributed by atoms with Gasteiger partial charge in [0.05, 0.1) is 11.4 Å². The molecular weight excluding hydrogens is 400 g/mol. The second kappa shape index (κ2) is 7.55. The number of carbonyl (C=O) groups is 1. The highest BCUT2D eigenvalue weighted by Gasteiger charge is 2.29. The van der Waals surface area contributed by atoms with Gasteiger partial charge in [0.25, 0.3) is 5.91 Å². The molecule has 1 aliphatic rings. The summed E-state index contributed by atoms with van der Waals surface area (Å²) < 4.78 is 27.6. The number of amides is 1. The van der Waals surface area contributed by atoms with Crippen LogP contribution in [-0.4, -0.2) is 25.2 Å². The minimum Gasteiger partial charge on any atom is -0.347 e. The normalized spacial score (nSPS) is 14.7. The van der Waals surface area contributed by atoms with E-state index in [-0.39, 0.29) is 10.8 Å². The van der Waals surface area contributed by atoms with Crippen LogP contribution in [0, 0.1) is 0 Å². The number of rotatable bonds is 5. The highest BCUT2D eigenvalue weighted by Crippen LogP contribution is 2.28. The van der Waals surface area contributed by atoms with E-state index in [0.29, 0.717) is 25.2 Å². The molecule has 4 rings (SSSR count). The monoisotopic (exact) mass is 418 g/mol. The van der Waals surface area contributed by atoms with E-state index in [0.717, 1.165) is 16.9 Å². The molecule has 0 spiro atoms. The van der Waals surface area contributed by atoms with Gasteiger partial charge in [-0.2, -0.15) is 4.31 Å². The molecule has 27 heavy (non-hydrogen) atoms. The van der Waals surface area contributed by atoms with Gasteiger partial charge in [0, 0.05) is 28.4 Å². The molecule has 1 aliphatic heterocycles. The third kappa shape index (κ3) is 3.84. The van der Waals surface area contributed by atoms with Gasteiger partial charge in [-0.15, -0.1) is 22.7 Å². The highest BCUT2D eigenvalue weighted by molar-refractivity contribution is 7.89. The van der Waals surface area contributed by atoms with Crippen LogP contribution in [0.25, 0.3) is 0 Å². The molecule has 0 saturated heterocycles. The van der Waals surface area contributed by atoms with Crippen molar-refractivity contribution in [2.24, 2.45) is 0 Å². The quantitative estimate of drug-likeness (QED) is 0.690. The largest absolute Gasteiger partial charge is 0.347 e. The fraction of sp³-hybridized carbons (Fsp3) is 0.211. The Morgan fingerprint density at radius 1 is 1.11 bits per heavy atom. The van der Waals surface area contributed by atoms with Crippen molar-refractivity contribution in [3.05, 3.63) is 74.1 Å². The molecule has 0 aliphatic carbocycles. The molecule has 0 saturated carbocycles. The maximum atomic E-state index is 13.0. The van der Waals surface area contributed by atoms with Crippen LogP contribution in [0.2, 0.25) is 0 Å². The van der Waals surface area contributed by atoms with Gasteiger partial charge in [-0.25, -0.2) is 8.42 Å². The minimum atomic E-state index is -3.64. The summed E-state index contributed by atoms with van der Waals surface area (Å²) >= 11 is 3.24. The second-order valence-corrected chi connectivity index (χ2v) is 10.2. The second-order valence-electron chi connectivity index (χ2n) is 6.25. The smallest absolute Gasteiger partial charge is 0.251 e. The van der Waals surface area contributed by atoms with E-state index in [9.17, 15) is 13.2 Å². The van der Waals surface area contributed by atoms with E-state index in [4.69, 9.17) is 0 Å². The van der Waals surface area contributed by atoms with Crippen LogP contribution >= 0.6 is 22.7 Å². The molecule has 0 bridgehead atoms. The molecule has 0 unspecified atom stereocenters. The number of sulfonamides is 1. The standard InChI is InChI=1S/C19H18N2O3S3/c22-19(20-12-16-4-2-9-25-16)14-3-1-5-17(11-14)27(23,24)21-8-6-18-15(13-21)7-10-26-18/h1-5,7,9-11H,6,8,12-13H2,(H,20,22). The number of thiophene rings is 2. The highest BCUT2D eigenvalue weighted by atomic mass is 32.2. The average Bonchev–Trinajstić information content (AvgIpc) is 3.37. The van der Waals surface area contributed by atoms with Crippen LogP contribution in [0.15, 0.2) is 58.1 Å². The summed E-state index contributed by atoms with van der Waals surface area (Å²) in [4.78, 5) is 14.9. The van der Waals surface area contributed by atoms with E-state index < -0.39 is 10.0 Å². The number of nitrogens with one attached hydrogen (secondary N) is 1. The summed E-state index contributed by atoms with van der Waals surface area (Å²) in [5.41, 5.74) is 1.42. The summed E-state index contributed by atoms with van der Waals surface area (Å²) in [7, 11) is -3.64. The zero-order valence-corrected chi connectivity index (χ0v) is 16.9. The molecule has 140 valence electrons. The van der Waals surface area contributed by atoms with Crippen LogP contribution in [-0.2, 0) is 29.5 Å². The van der Waals surface area contributed by atoms with E-state index in [2.05, 4.69) is 5.32 Å². The summed E-state index contributed by atoms with van der Waals surface area (Å²) in [5.74, 6) is -0.279. The van der Waals surface area contributed by atoms with Gasteiger partial charge in [0.15, 0.2) is 0 Å². The molecule has 1 N–H and O–H groups in total. The predicted molar refractivity (Wildman–Crippen MR) is 108 cm³/mol. The topological polar surface area (TPSA) is 66.5 Å². The van der Waals surface area contributed by atoms with Gasteiger partial charge in [-0.05, 0) is 53.1 Å². The van der Waals surface area contributed by atoms with Gasteiger partial charge >= 0.3 is 0 Å². The fourth-order valence-electron chi connectivity index (χ4n) is 3.06. The van der Waals surface area contributed by atoms with Gasteiger partial charge in [0.2, 0.25) is 10.0 Å². The van der Waals surface area contributed by atoms with Crippen molar-refractivity contribution < 1.29 is 13.2 Å². The van der Waals surface area contributed by atoms with Crippen molar-refractivity contribution in [1.29, 1.82) is 0 Å². The number of carbonyl (C=O) groups excluding carboxylic acids is 1. The number of fused-ring (bicyclic) bond motifs is 1. The van der Waals surface area contributed by atoms with E-state index in [1.807, 2.05) is 29.0 Å². The van der Waals surface area contributed by atoms with E-state index in [1.165, 1.54) is 15.2 Å². The molecule has 8 heteroatoms. The van der Waals surface area contributed by atoms with Crippen molar-refractivity contribution in [2.75, 3.05) is 6.54 Å². The predicted octanol–water partition coefficient (Wildman–Crippen LogP) is 3.49. The average molecular weight is 419 g/mol. The summed E-state index contributed by atoms with van der Waals surface area (Å²) in [6.07, 6.45) is 0.729. The lowest BCUT2D eigenvalue weighted by Crippen LogP contribution is -2.35. The SMILES string of the molecule is O=C(NCc1cccs1)c1cccc(S(=O)(=O)N2CCc3sccc3C2)c1. The fourth-order valence-corrected chi connectivity index (χ4v) is 6.06. The zero-order valence-electron chi connectivity index (χ0n) is 14.4. The minimum absolute atomic E-state index is 0.157. The first-order valence-electron chi connectivity index (χ1n) is 8.50. The Kier molecular flexibility index (Phi) is 5.14. The number of hydrogen-bond acceptors (Lipinski definition) is 5. The molecule has 1 amide bonds. The van der Waals surface area contributed by atoms with Crippen LogP contribution in [0.1, 0.15) is 25.7 Å². The molecule has 5 nitrogen and oxygen atoms in total. The molecule has 1 aromatic carbocycles. The van der Waals surface area contributed by atoms with Crippen LogP contribution in [0.5, 0.6) is 0 Å². The maximum absolute atomic E-state index is 13.0. The summed E-state index contributed by atoms with van der Waals surface area (Å²) in [6.45, 7) is 1.28. The van der Waals surface area contributed by atoms with Crippen molar-refractivity contribution in [3.63, 3.8) is 0 Å². The Morgan fingerprint density at radius 2 is 2.00 bits per heavy atom. The van der Waals surface area contributed by atoms with Gasteiger partial charge in [0.1, 0.15) is 0 Å². The Balaban J connectivity index is 1.52. The lowest BCUT2D eigenvalue weighted by Gasteiger charge is -2.26. The number of benzene rings is 1. The summed E-state index contributed by atoms with van der Waals surface area (Å²) in [5, 5.41) is 6.78. The number of nitrogens with zero attached hydrogens (tertiary/aromatic N) is 1. The first kappa shape index (κ1) is 18.4. The van der Waals surface area contributed by atoms with Crippen LogP contribution in [0.3, 0.4) is 0 Å². The Bertz CT molecular complexity index is 1060. The van der Waals surface area contributed by atoms with Crippen LogP contribution < -0.4 is 5.32 Å². The van der Waals surface area contributed by atoms with Crippen molar-refractivity contribution in [2.45, 2.75) is 24.4 Å². The zero-order chi connectivity index (χ0) is 18.9. The third-order valence-corrected chi connectivity index (χ3v) is 8.25. The van der Waals surface area contributed by atoms with Gasteiger partial charge in [-0.1, -0.05) is 12.1 Å². The number of hydrogen-bond donors (Lipinski definition) is 1. The molecule has 3 aromatic rings. The molecular formula is C19H18N2O3S3. The van der Waals surface area contributed by atoms with Gasteiger partial charge < -0.3 is 5.32 Å². The molecule has 0 radical (unpaired) electrons. The molecule has 0 atom stereocenters.